The van der Waals surface area contributed by atoms with Crippen LogP contribution < -0.4 is 10.2 Å². The molecule has 8 heteroatoms. The Morgan fingerprint density at radius 3 is 1.97 bits per heavy atom. The van der Waals surface area contributed by atoms with Crippen LogP contribution in [0.2, 0.25) is 0 Å². The summed E-state index contributed by atoms with van der Waals surface area (Å²) in [5.41, 5.74) is 2.70. The number of aromatic nitrogens is 2. The van der Waals surface area contributed by atoms with Crippen LogP contribution in [0.4, 0.5) is 17.3 Å². The van der Waals surface area contributed by atoms with Gasteiger partial charge in [-0.3, -0.25) is 4.79 Å². The van der Waals surface area contributed by atoms with Gasteiger partial charge in [-0.2, -0.15) is 0 Å². The van der Waals surface area contributed by atoms with Gasteiger partial charge in [0.15, 0.2) is 0 Å². The minimum absolute atomic E-state index is 0.00109. The quantitative estimate of drug-likeness (QED) is 0.838. The lowest BCUT2D eigenvalue weighted by atomic mass is 10.2. The topological polar surface area (TPSA) is 67.8 Å². The van der Waals surface area contributed by atoms with Gasteiger partial charge < -0.3 is 24.9 Å². The first-order chi connectivity index (χ1) is 14.1. The largest absolute Gasteiger partial charge is 0.369 e. The summed E-state index contributed by atoms with van der Waals surface area (Å²) in [6.07, 6.45) is 3.21. The van der Waals surface area contributed by atoms with Crippen molar-refractivity contribution in [3.05, 3.63) is 42.2 Å². The maximum atomic E-state index is 12.6. The molecule has 2 aliphatic heterocycles. The lowest BCUT2D eigenvalue weighted by Crippen LogP contribution is -2.47. The van der Waals surface area contributed by atoms with Gasteiger partial charge in [-0.1, -0.05) is 0 Å². The van der Waals surface area contributed by atoms with Crippen LogP contribution in [0.3, 0.4) is 0 Å². The fourth-order valence-electron chi connectivity index (χ4n) is 3.64. The predicted octanol–water partition coefficient (Wildman–Crippen LogP) is 1.36. The lowest BCUT2D eigenvalue weighted by molar-refractivity contribution is 0.0663. The Bertz CT molecular complexity index is 808. The number of piperazine rings is 2. The number of rotatable bonds is 4. The van der Waals surface area contributed by atoms with E-state index in [0.29, 0.717) is 11.5 Å². The summed E-state index contributed by atoms with van der Waals surface area (Å²) in [5, 5.41) is 3.21. The molecule has 0 unspecified atom stereocenters. The minimum Gasteiger partial charge on any atom is -0.369 e. The van der Waals surface area contributed by atoms with Gasteiger partial charge in [-0.15, -0.1) is 0 Å². The number of anilines is 3. The molecule has 8 nitrogen and oxygen atoms in total. The van der Waals surface area contributed by atoms with Crippen LogP contribution >= 0.6 is 0 Å². The third-order valence-electron chi connectivity index (χ3n) is 5.68. The van der Waals surface area contributed by atoms with Crippen molar-refractivity contribution in [2.24, 2.45) is 0 Å². The third-order valence-corrected chi connectivity index (χ3v) is 5.68. The van der Waals surface area contributed by atoms with Gasteiger partial charge in [-0.05, 0) is 38.4 Å². The van der Waals surface area contributed by atoms with Crippen molar-refractivity contribution in [1.29, 1.82) is 0 Å². The van der Waals surface area contributed by atoms with Gasteiger partial charge in [0.1, 0.15) is 0 Å². The van der Waals surface area contributed by atoms with Gasteiger partial charge in [0, 0.05) is 76.1 Å². The molecule has 2 aliphatic rings. The van der Waals surface area contributed by atoms with E-state index in [9.17, 15) is 4.79 Å². The average molecular weight is 396 g/mol. The van der Waals surface area contributed by atoms with E-state index in [1.54, 1.807) is 12.4 Å². The number of hydrogen-bond donors (Lipinski definition) is 1. The molecule has 0 saturated carbocycles. The first kappa shape index (κ1) is 19.6. The maximum absolute atomic E-state index is 12.6. The highest BCUT2D eigenvalue weighted by Crippen LogP contribution is 2.21. The van der Waals surface area contributed by atoms with Crippen molar-refractivity contribution in [3.8, 4) is 0 Å². The van der Waals surface area contributed by atoms with Crippen LogP contribution in [0, 0.1) is 0 Å². The van der Waals surface area contributed by atoms with Crippen LogP contribution in [0.1, 0.15) is 10.4 Å². The summed E-state index contributed by atoms with van der Waals surface area (Å²) in [4.78, 5) is 30.1. The Balaban J connectivity index is 1.34. The molecule has 4 rings (SSSR count). The van der Waals surface area contributed by atoms with Crippen LogP contribution in [0.5, 0.6) is 0 Å². The van der Waals surface area contributed by atoms with E-state index in [-0.39, 0.29) is 5.91 Å². The summed E-state index contributed by atoms with van der Waals surface area (Å²) < 4.78 is 0. The second-order valence-electron chi connectivity index (χ2n) is 7.85. The molecule has 154 valence electrons. The number of nitrogens with zero attached hydrogens (tertiary/aromatic N) is 6. The maximum Gasteiger partial charge on any atom is 0.257 e. The summed E-state index contributed by atoms with van der Waals surface area (Å²) in [6.45, 7) is 7.57. The van der Waals surface area contributed by atoms with E-state index in [2.05, 4.69) is 56.2 Å². The highest BCUT2D eigenvalue weighted by Gasteiger charge is 2.21. The Kier molecular flexibility index (Phi) is 5.92. The van der Waals surface area contributed by atoms with Gasteiger partial charge in [-0.25, -0.2) is 9.97 Å². The standard InChI is InChI=1S/C21H29N7O/c1-25-7-11-27(12-8-25)19-5-3-18(4-6-19)24-21-22-15-17(16-23-21)20(29)28-13-9-26(2)10-14-28/h3-6,15-16H,7-14H2,1-2H3,(H,22,23,24). The average Bonchev–Trinajstić information content (AvgIpc) is 2.76. The Morgan fingerprint density at radius 2 is 1.38 bits per heavy atom. The highest BCUT2D eigenvalue weighted by atomic mass is 16.2. The zero-order valence-electron chi connectivity index (χ0n) is 17.2. The molecule has 0 atom stereocenters. The SMILES string of the molecule is CN1CCN(C(=O)c2cnc(Nc3ccc(N4CCN(C)CC4)cc3)nc2)CC1. The summed E-state index contributed by atoms with van der Waals surface area (Å²) in [6, 6.07) is 8.33. The molecule has 0 radical (unpaired) electrons. The normalized spacial score (nSPS) is 18.7. The van der Waals surface area contributed by atoms with E-state index in [4.69, 9.17) is 0 Å². The predicted molar refractivity (Wildman–Crippen MR) is 115 cm³/mol. The molecule has 1 aromatic heterocycles. The third kappa shape index (κ3) is 4.83. The van der Waals surface area contributed by atoms with Crippen LogP contribution in [-0.2, 0) is 0 Å². The second-order valence-corrected chi connectivity index (χ2v) is 7.85. The van der Waals surface area contributed by atoms with Gasteiger partial charge >= 0.3 is 0 Å². The zero-order chi connectivity index (χ0) is 20.2. The number of nitrogens with one attached hydrogen (secondary N) is 1. The van der Waals surface area contributed by atoms with Crippen molar-refractivity contribution in [2.75, 3.05) is 76.7 Å². The van der Waals surface area contributed by atoms with Gasteiger partial charge in [0.25, 0.3) is 5.91 Å². The number of amides is 1. The Labute approximate surface area is 172 Å². The zero-order valence-corrected chi connectivity index (χ0v) is 17.2. The van der Waals surface area contributed by atoms with Crippen molar-refractivity contribution < 1.29 is 4.79 Å². The molecule has 1 N–H and O–H groups in total. The number of carbonyl (C=O) groups excluding carboxylic acids is 1. The summed E-state index contributed by atoms with van der Waals surface area (Å²) in [7, 11) is 4.23. The number of carbonyl (C=O) groups is 1. The minimum atomic E-state index is 0.00109. The molecule has 0 aliphatic carbocycles. The first-order valence-electron chi connectivity index (χ1n) is 10.2. The van der Waals surface area contributed by atoms with E-state index < -0.39 is 0 Å². The van der Waals surface area contributed by atoms with Crippen molar-refractivity contribution >= 4 is 23.2 Å². The number of benzene rings is 1. The molecule has 29 heavy (non-hydrogen) atoms. The van der Waals surface area contributed by atoms with E-state index in [0.717, 1.165) is 58.0 Å². The number of likely N-dealkylation sites (N-methyl/N-ethyl adjacent to an activating group) is 2. The van der Waals surface area contributed by atoms with Crippen LogP contribution in [0.15, 0.2) is 36.7 Å². The molecule has 1 aromatic carbocycles. The molecule has 2 aromatic rings. The summed E-state index contributed by atoms with van der Waals surface area (Å²) in [5.74, 6) is 0.494. The molecular weight excluding hydrogens is 366 g/mol. The fraction of sp³-hybridized carbons (Fsp3) is 0.476. The first-order valence-corrected chi connectivity index (χ1v) is 10.2. The van der Waals surface area contributed by atoms with Crippen molar-refractivity contribution in [2.45, 2.75) is 0 Å². The Hall–Kier alpha value is -2.71. The van der Waals surface area contributed by atoms with E-state index in [1.165, 1.54) is 5.69 Å². The van der Waals surface area contributed by atoms with Crippen molar-refractivity contribution in [1.82, 2.24) is 24.7 Å². The van der Waals surface area contributed by atoms with Gasteiger partial charge in [0.05, 0.1) is 5.56 Å². The molecule has 2 fully saturated rings. The second kappa shape index (κ2) is 8.75. The van der Waals surface area contributed by atoms with E-state index in [1.807, 2.05) is 17.0 Å². The summed E-state index contributed by atoms with van der Waals surface area (Å²) >= 11 is 0. The smallest absolute Gasteiger partial charge is 0.257 e. The fourth-order valence-corrected chi connectivity index (χ4v) is 3.64. The molecule has 2 saturated heterocycles. The molecule has 3 heterocycles. The molecule has 0 spiro atoms. The van der Waals surface area contributed by atoms with Crippen LogP contribution in [0.25, 0.3) is 0 Å². The molecular formula is C21H29N7O. The van der Waals surface area contributed by atoms with Crippen LogP contribution in [-0.4, -0.2) is 97.0 Å². The molecule has 1 amide bonds. The lowest BCUT2D eigenvalue weighted by Gasteiger charge is -2.34. The molecule has 0 bridgehead atoms. The highest BCUT2D eigenvalue weighted by molar-refractivity contribution is 5.93. The van der Waals surface area contributed by atoms with Gasteiger partial charge in [0.2, 0.25) is 5.95 Å². The monoisotopic (exact) mass is 395 g/mol. The Morgan fingerprint density at radius 1 is 0.828 bits per heavy atom. The van der Waals surface area contributed by atoms with Crippen molar-refractivity contribution in [3.63, 3.8) is 0 Å². The number of hydrogen-bond acceptors (Lipinski definition) is 7. The van der Waals surface area contributed by atoms with E-state index >= 15 is 0 Å².